The van der Waals surface area contributed by atoms with Gasteiger partial charge in [-0.1, -0.05) is 38.1 Å². The number of aliphatic carboxylic acids is 1. The number of aryl methyl sites for hydroxylation is 2. The van der Waals surface area contributed by atoms with Crippen LogP contribution in [0.25, 0.3) is 0 Å². The van der Waals surface area contributed by atoms with Crippen LogP contribution in [-0.2, 0) is 14.4 Å². The van der Waals surface area contributed by atoms with E-state index in [-0.39, 0.29) is 30.9 Å². The average Bonchev–Trinajstić information content (AvgIpc) is 3.37. The van der Waals surface area contributed by atoms with Crippen molar-refractivity contribution in [2.45, 2.75) is 75.5 Å². The number of carbonyl (C=O) groups excluding carboxylic acids is 2. The van der Waals surface area contributed by atoms with Crippen molar-refractivity contribution in [3.05, 3.63) is 42.0 Å². The number of aliphatic hydroxyl groups excluding tert-OH is 1. The lowest BCUT2D eigenvalue weighted by atomic mass is 9.66. The lowest BCUT2D eigenvalue weighted by Crippen LogP contribution is -2.58. The first kappa shape index (κ1) is 26.7. The molecule has 0 aliphatic carbocycles. The number of nitrogens with zero attached hydrogens (tertiary/aromatic N) is 2. The van der Waals surface area contributed by atoms with Gasteiger partial charge in [0.2, 0.25) is 5.91 Å². The molecule has 8 heteroatoms. The van der Waals surface area contributed by atoms with E-state index in [4.69, 9.17) is 0 Å². The molecule has 7 nitrogen and oxygen atoms in total. The normalized spacial score (nSPS) is 31.6. The zero-order chi connectivity index (χ0) is 26.6. The summed E-state index contributed by atoms with van der Waals surface area (Å²) in [6, 6.07) is 4.44. The molecule has 2 amide bonds. The summed E-state index contributed by atoms with van der Waals surface area (Å²) in [7, 11) is 0. The number of aliphatic hydroxyl groups is 1. The lowest BCUT2D eigenvalue weighted by molar-refractivity contribution is -0.150. The van der Waals surface area contributed by atoms with E-state index in [0.29, 0.717) is 19.3 Å². The molecule has 0 aromatic heterocycles. The Kier molecular flexibility index (Phi) is 7.07. The fourth-order valence-electron chi connectivity index (χ4n) is 7.03. The fraction of sp³-hybridized carbons (Fsp3) is 0.607. The summed E-state index contributed by atoms with van der Waals surface area (Å²) in [6.07, 6.45) is 3.43. The van der Waals surface area contributed by atoms with E-state index in [9.17, 15) is 24.6 Å². The number of thioether (sulfide) groups is 1. The van der Waals surface area contributed by atoms with Crippen LogP contribution >= 0.6 is 11.8 Å². The lowest BCUT2D eigenvalue weighted by Gasteiger charge is -2.40. The quantitative estimate of drug-likeness (QED) is 0.487. The van der Waals surface area contributed by atoms with E-state index in [1.807, 2.05) is 52.8 Å². The molecule has 6 atom stereocenters. The van der Waals surface area contributed by atoms with Crippen LogP contribution in [0.3, 0.4) is 0 Å². The molecule has 4 rings (SSSR count). The third-order valence-electron chi connectivity index (χ3n) is 8.35. The van der Waals surface area contributed by atoms with Crippen molar-refractivity contribution in [3.63, 3.8) is 0 Å². The Morgan fingerprint density at radius 2 is 1.92 bits per heavy atom. The van der Waals surface area contributed by atoms with Gasteiger partial charge in [-0.25, -0.2) is 0 Å². The predicted octanol–water partition coefficient (Wildman–Crippen LogP) is 3.80. The Labute approximate surface area is 217 Å². The molecule has 3 heterocycles. The second-order valence-electron chi connectivity index (χ2n) is 11.3. The number of hydrogen-bond acceptors (Lipinski definition) is 5. The van der Waals surface area contributed by atoms with Gasteiger partial charge in [0.1, 0.15) is 6.04 Å². The highest BCUT2D eigenvalue weighted by Gasteiger charge is 2.78. The maximum Gasteiger partial charge on any atom is 0.308 e. The van der Waals surface area contributed by atoms with E-state index in [1.165, 1.54) is 11.8 Å². The topological polar surface area (TPSA) is 98.2 Å². The molecule has 1 aromatic carbocycles. The Hall–Kier alpha value is -2.32. The van der Waals surface area contributed by atoms with E-state index in [1.54, 1.807) is 15.9 Å². The maximum atomic E-state index is 14.7. The van der Waals surface area contributed by atoms with Gasteiger partial charge in [-0.15, -0.1) is 18.3 Å². The summed E-state index contributed by atoms with van der Waals surface area (Å²) in [5.74, 6) is -3.00. The number of carboxylic acid groups (broad SMARTS) is 1. The highest BCUT2D eigenvalue weighted by atomic mass is 32.2. The summed E-state index contributed by atoms with van der Waals surface area (Å²) < 4.78 is -1.45. The Balaban J connectivity index is 1.89. The van der Waals surface area contributed by atoms with Gasteiger partial charge in [0.15, 0.2) is 0 Å². The largest absolute Gasteiger partial charge is 0.481 e. The molecule has 2 N–H and O–H groups in total. The zero-order valence-corrected chi connectivity index (χ0v) is 22.7. The number of likely N-dealkylation sites (tertiary alicyclic amines) is 1. The monoisotopic (exact) mass is 514 g/mol. The highest BCUT2D eigenvalue weighted by Crippen LogP contribution is 2.71. The molecule has 1 aromatic rings. The zero-order valence-electron chi connectivity index (χ0n) is 21.9. The predicted molar refractivity (Wildman–Crippen MR) is 142 cm³/mol. The van der Waals surface area contributed by atoms with E-state index < -0.39 is 39.4 Å². The molecular weight excluding hydrogens is 476 g/mol. The first-order valence-electron chi connectivity index (χ1n) is 12.8. The van der Waals surface area contributed by atoms with Crippen molar-refractivity contribution in [3.8, 4) is 0 Å². The van der Waals surface area contributed by atoms with Crippen molar-refractivity contribution < 1.29 is 24.6 Å². The molecular formula is C28H38N2O5S. The van der Waals surface area contributed by atoms with Gasteiger partial charge in [-0.3, -0.25) is 14.4 Å². The van der Waals surface area contributed by atoms with Crippen molar-refractivity contribution in [1.29, 1.82) is 0 Å². The number of fused-ring (bicyclic) bond motifs is 1. The summed E-state index contributed by atoms with van der Waals surface area (Å²) in [5.41, 5.74) is 2.67. The maximum absolute atomic E-state index is 14.7. The molecule has 36 heavy (non-hydrogen) atoms. The number of amides is 2. The van der Waals surface area contributed by atoms with Crippen molar-refractivity contribution in [1.82, 2.24) is 4.90 Å². The van der Waals surface area contributed by atoms with Gasteiger partial charge in [0.25, 0.3) is 5.91 Å². The first-order chi connectivity index (χ1) is 16.9. The molecule has 3 aliphatic rings. The summed E-state index contributed by atoms with van der Waals surface area (Å²) in [6.45, 7) is 13.7. The van der Waals surface area contributed by atoms with E-state index in [2.05, 4.69) is 6.58 Å². The SMILES string of the molecule is C=CCN(C(=O)C1N([C@@H](CO)CC(C)C)C(=O)[C@@H]2[C@H](C(=O)O)[C@]3(C)CCC12S3)c1c(C)cccc1C. The summed E-state index contributed by atoms with van der Waals surface area (Å²) in [4.78, 5) is 44.5. The molecule has 0 saturated carbocycles. The van der Waals surface area contributed by atoms with Crippen LogP contribution in [0.5, 0.6) is 0 Å². The van der Waals surface area contributed by atoms with Crippen LogP contribution in [-0.4, -0.2) is 67.6 Å². The number of carbonyl (C=O) groups is 3. The minimum atomic E-state index is -0.986. The molecule has 3 fully saturated rings. The van der Waals surface area contributed by atoms with Crippen LogP contribution in [0.4, 0.5) is 5.69 Å². The fourth-order valence-corrected chi connectivity index (χ4v) is 9.36. The molecule has 2 bridgehead atoms. The molecule has 3 aliphatic heterocycles. The number of benzene rings is 1. The average molecular weight is 515 g/mol. The van der Waals surface area contributed by atoms with E-state index in [0.717, 1.165) is 16.8 Å². The minimum absolute atomic E-state index is 0.184. The molecule has 1 spiro atoms. The first-order valence-corrected chi connectivity index (χ1v) is 13.6. The van der Waals surface area contributed by atoms with Gasteiger partial charge in [0.05, 0.1) is 29.2 Å². The minimum Gasteiger partial charge on any atom is -0.481 e. The third kappa shape index (κ3) is 3.88. The molecule has 0 radical (unpaired) electrons. The third-order valence-corrected chi connectivity index (χ3v) is 10.3. The smallest absolute Gasteiger partial charge is 0.308 e. The van der Waals surface area contributed by atoms with Gasteiger partial charge in [-0.05, 0) is 57.1 Å². The Morgan fingerprint density at radius 1 is 1.28 bits per heavy atom. The van der Waals surface area contributed by atoms with Gasteiger partial charge >= 0.3 is 5.97 Å². The second kappa shape index (κ2) is 9.53. The highest BCUT2D eigenvalue weighted by molar-refractivity contribution is 8.02. The number of para-hydroxylation sites is 1. The van der Waals surface area contributed by atoms with Crippen LogP contribution in [0.1, 0.15) is 51.2 Å². The molecule has 2 unspecified atom stereocenters. The van der Waals surface area contributed by atoms with Crippen LogP contribution in [0, 0.1) is 31.6 Å². The van der Waals surface area contributed by atoms with Gasteiger partial charge in [0, 0.05) is 17.0 Å². The second-order valence-corrected chi connectivity index (χ2v) is 13.2. The van der Waals surface area contributed by atoms with Crippen LogP contribution in [0.2, 0.25) is 0 Å². The van der Waals surface area contributed by atoms with Crippen LogP contribution < -0.4 is 4.90 Å². The number of hydrogen-bond donors (Lipinski definition) is 2. The Bertz CT molecular complexity index is 1070. The number of rotatable bonds is 9. The number of carboxylic acids is 1. The molecule has 196 valence electrons. The van der Waals surface area contributed by atoms with Crippen molar-refractivity contribution >= 4 is 35.2 Å². The summed E-state index contributed by atoms with van der Waals surface area (Å²) >= 11 is 1.52. The number of anilines is 1. The van der Waals surface area contributed by atoms with Crippen molar-refractivity contribution in [2.75, 3.05) is 18.1 Å². The molecule has 3 saturated heterocycles. The van der Waals surface area contributed by atoms with E-state index >= 15 is 0 Å². The van der Waals surface area contributed by atoms with Gasteiger partial charge in [-0.2, -0.15) is 0 Å². The summed E-state index contributed by atoms with van der Waals surface area (Å²) in [5, 5.41) is 20.6. The van der Waals surface area contributed by atoms with Crippen molar-refractivity contribution in [2.24, 2.45) is 17.8 Å². The standard InChI is InChI=1S/C28H38N2O5S/c1-7-13-29(22-17(4)9-8-10-18(22)5)25(33)23-28-12-11-27(6,36-28)21(26(34)35)20(28)24(32)30(23)19(15-31)14-16(2)3/h7-10,16,19-21,23,31H,1,11-15H2,2-6H3,(H,34,35)/t19-,20+,21-,23?,27+,28?/m1/s1. The Morgan fingerprint density at radius 3 is 2.44 bits per heavy atom. The van der Waals surface area contributed by atoms with Gasteiger partial charge < -0.3 is 20.0 Å². The van der Waals surface area contributed by atoms with Crippen LogP contribution in [0.15, 0.2) is 30.9 Å².